The number of aromatic nitrogens is 1. The minimum atomic E-state index is -4.85. The van der Waals surface area contributed by atoms with Crippen molar-refractivity contribution in [2.24, 2.45) is 5.16 Å². The van der Waals surface area contributed by atoms with Crippen molar-refractivity contribution in [1.82, 2.24) is 15.6 Å². The van der Waals surface area contributed by atoms with Crippen molar-refractivity contribution in [3.05, 3.63) is 71.4 Å². The van der Waals surface area contributed by atoms with Gasteiger partial charge in [0.1, 0.15) is 17.9 Å². The van der Waals surface area contributed by atoms with E-state index < -0.39 is 29.3 Å². The number of urea groups is 1. The van der Waals surface area contributed by atoms with Crippen molar-refractivity contribution < 1.29 is 41.9 Å². The second-order valence-corrected chi connectivity index (χ2v) is 10.3. The average Bonchev–Trinajstić information content (AvgIpc) is 3.43. The fourth-order valence-corrected chi connectivity index (χ4v) is 4.68. The van der Waals surface area contributed by atoms with Crippen LogP contribution in [0.15, 0.2) is 59.8 Å². The van der Waals surface area contributed by atoms with E-state index in [1.165, 1.54) is 0 Å². The highest BCUT2D eigenvalue weighted by Gasteiger charge is 2.46. The van der Waals surface area contributed by atoms with Crippen LogP contribution in [0.2, 0.25) is 0 Å². The average molecular weight is 587 g/mol. The van der Waals surface area contributed by atoms with E-state index in [0.29, 0.717) is 26.6 Å². The van der Waals surface area contributed by atoms with Gasteiger partial charge in [-0.25, -0.2) is 9.59 Å². The number of fused-ring (bicyclic) bond motifs is 1. The summed E-state index contributed by atoms with van der Waals surface area (Å²) in [6.07, 6.45) is -4.04. The van der Waals surface area contributed by atoms with Gasteiger partial charge in [0.15, 0.2) is 5.60 Å². The number of nitrogens with one attached hydrogen (secondary N) is 2. The van der Waals surface area contributed by atoms with Crippen molar-refractivity contribution in [1.29, 1.82) is 0 Å². The first kappa shape index (κ1) is 30.3. The molecule has 0 bridgehead atoms. The molecule has 2 N–H and O–H groups in total. The molecule has 2 aliphatic rings. The first-order valence-corrected chi connectivity index (χ1v) is 12.8. The number of pyridine rings is 1. The smallest absolute Gasteiger partial charge is 0.489 e. The maximum Gasteiger partial charge on any atom is 0.490 e. The Morgan fingerprint density at radius 2 is 1.79 bits per heavy atom. The lowest BCUT2D eigenvalue weighted by molar-refractivity contribution is -0.196. The highest BCUT2D eigenvalue weighted by Crippen LogP contribution is 2.37. The number of methoxy groups -OCH3 is 1. The van der Waals surface area contributed by atoms with Gasteiger partial charge in [-0.05, 0) is 50.6 Å². The zero-order chi connectivity index (χ0) is 30.7. The van der Waals surface area contributed by atoms with Crippen molar-refractivity contribution in [3.8, 4) is 5.75 Å². The Labute approximate surface area is 239 Å². The maximum atomic E-state index is 12.1. The van der Waals surface area contributed by atoms with Crippen LogP contribution >= 0.6 is 0 Å². The number of oxime groups is 1. The standard InChI is InChI=1S/C26H26N4O4.C3H3F3O2/c1-16-12-17(21-6-4-5-7-22(21)27-16)15-33-20-10-8-18(9-11-20)26(3)14-19(30-34-26)13-25(2)23(31)28-24(32)29-25;1-8-2(7)3(4,5)6/h4-12H,13-15H2,1-3H3,(H2,28,29,31,32);1H3. The second kappa shape index (κ2) is 11.7. The molecule has 222 valence electrons. The third kappa shape index (κ3) is 6.78. The Morgan fingerprint density at radius 3 is 2.38 bits per heavy atom. The monoisotopic (exact) mass is 586 g/mol. The molecule has 2 aliphatic heterocycles. The van der Waals surface area contributed by atoms with Gasteiger partial charge in [0.25, 0.3) is 5.91 Å². The number of benzene rings is 2. The van der Waals surface area contributed by atoms with Gasteiger partial charge in [-0.3, -0.25) is 15.1 Å². The van der Waals surface area contributed by atoms with Crippen LogP contribution < -0.4 is 15.4 Å². The number of imide groups is 1. The molecule has 0 aliphatic carbocycles. The highest BCUT2D eigenvalue weighted by molar-refractivity contribution is 6.09. The van der Waals surface area contributed by atoms with E-state index in [9.17, 15) is 27.6 Å². The number of hydrogen-bond donors (Lipinski definition) is 2. The highest BCUT2D eigenvalue weighted by atomic mass is 19.4. The largest absolute Gasteiger partial charge is 0.490 e. The van der Waals surface area contributed by atoms with Gasteiger partial charge < -0.3 is 19.6 Å². The van der Waals surface area contributed by atoms with E-state index in [2.05, 4.69) is 37.6 Å². The molecule has 2 unspecified atom stereocenters. The minimum absolute atomic E-state index is 0.292. The SMILES string of the molecule is COC(=O)C(F)(F)F.Cc1cc(COc2ccc(C3(C)CC(CC4(C)NC(=O)NC4=O)=NO3)cc2)c2ccccc2n1. The molecule has 0 saturated carbocycles. The molecule has 3 amide bonds. The van der Waals surface area contributed by atoms with Gasteiger partial charge >= 0.3 is 18.2 Å². The number of para-hydroxylation sites is 1. The van der Waals surface area contributed by atoms with Crippen LogP contribution in [0, 0.1) is 6.92 Å². The van der Waals surface area contributed by atoms with Crippen LogP contribution in [0.1, 0.15) is 43.5 Å². The van der Waals surface area contributed by atoms with Gasteiger partial charge in [-0.15, -0.1) is 0 Å². The van der Waals surface area contributed by atoms with Gasteiger partial charge in [0.05, 0.1) is 18.3 Å². The summed E-state index contributed by atoms with van der Waals surface area (Å²) >= 11 is 0. The molecule has 42 heavy (non-hydrogen) atoms. The van der Waals surface area contributed by atoms with Crippen LogP contribution in [0.4, 0.5) is 18.0 Å². The predicted molar refractivity (Wildman–Crippen MR) is 146 cm³/mol. The van der Waals surface area contributed by atoms with E-state index in [-0.39, 0.29) is 5.91 Å². The van der Waals surface area contributed by atoms with Gasteiger partial charge in [0.2, 0.25) is 0 Å². The summed E-state index contributed by atoms with van der Waals surface area (Å²) in [5.74, 6) is -1.77. The molecular weight excluding hydrogens is 557 g/mol. The number of ether oxygens (including phenoxy) is 2. The topological polar surface area (TPSA) is 128 Å². The molecule has 0 radical (unpaired) electrons. The molecule has 1 saturated heterocycles. The first-order valence-electron chi connectivity index (χ1n) is 12.8. The number of hydrogen-bond acceptors (Lipinski definition) is 8. The van der Waals surface area contributed by atoms with Crippen molar-refractivity contribution in [2.45, 2.75) is 57.5 Å². The quantitative estimate of drug-likeness (QED) is 0.313. The number of carbonyl (C=O) groups is 3. The lowest BCUT2D eigenvalue weighted by Crippen LogP contribution is -2.45. The molecule has 1 fully saturated rings. The van der Waals surface area contributed by atoms with Crippen LogP contribution in [0.25, 0.3) is 10.9 Å². The molecule has 2 aromatic carbocycles. The van der Waals surface area contributed by atoms with Crippen molar-refractivity contribution in [2.75, 3.05) is 7.11 Å². The molecule has 10 nitrogen and oxygen atoms in total. The summed E-state index contributed by atoms with van der Waals surface area (Å²) in [5.41, 5.74) is 3.02. The van der Waals surface area contributed by atoms with Gasteiger partial charge in [-0.1, -0.05) is 35.5 Å². The molecule has 13 heteroatoms. The number of carbonyl (C=O) groups excluding carboxylic acids is 3. The Bertz CT molecular complexity index is 1540. The predicted octanol–water partition coefficient (Wildman–Crippen LogP) is 4.82. The van der Waals surface area contributed by atoms with Crippen molar-refractivity contribution in [3.63, 3.8) is 0 Å². The number of halogens is 3. The van der Waals surface area contributed by atoms with E-state index in [1.807, 2.05) is 56.3 Å². The molecule has 5 rings (SSSR count). The first-order chi connectivity index (χ1) is 19.7. The summed E-state index contributed by atoms with van der Waals surface area (Å²) in [6.45, 7) is 6.07. The number of rotatable bonds is 6. The Morgan fingerprint density at radius 1 is 1.10 bits per heavy atom. The van der Waals surface area contributed by atoms with E-state index >= 15 is 0 Å². The van der Waals surface area contributed by atoms with Crippen LogP contribution in [0.5, 0.6) is 5.75 Å². The lowest BCUT2D eigenvalue weighted by Gasteiger charge is -2.23. The van der Waals surface area contributed by atoms with E-state index in [4.69, 9.17) is 9.57 Å². The molecule has 0 spiro atoms. The maximum absolute atomic E-state index is 12.1. The van der Waals surface area contributed by atoms with Crippen LogP contribution in [0.3, 0.4) is 0 Å². The minimum Gasteiger partial charge on any atom is -0.489 e. The zero-order valence-corrected chi connectivity index (χ0v) is 23.3. The second-order valence-electron chi connectivity index (χ2n) is 10.3. The third-order valence-electron chi connectivity index (χ3n) is 6.80. The molecule has 3 heterocycles. The van der Waals surface area contributed by atoms with Gasteiger partial charge in [-0.2, -0.15) is 13.2 Å². The van der Waals surface area contributed by atoms with Crippen LogP contribution in [-0.4, -0.2) is 47.4 Å². The number of alkyl halides is 3. The molecular formula is C29H29F3N4O6. The van der Waals surface area contributed by atoms with E-state index in [1.54, 1.807) is 6.92 Å². The number of amides is 3. The third-order valence-corrected chi connectivity index (χ3v) is 6.80. The summed E-state index contributed by atoms with van der Waals surface area (Å²) in [7, 11) is 0.676. The van der Waals surface area contributed by atoms with Crippen LogP contribution in [-0.2, 0) is 31.4 Å². The molecule has 1 aromatic heterocycles. The Kier molecular flexibility index (Phi) is 8.41. The number of esters is 1. The number of aryl methyl sites for hydroxylation is 1. The van der Waals surface area contributed by atoms with E-state index in [0.717, 1.165) is 39.2 Å². The fourth-order valence-electron chi connectivity index (χ4n) is 4.68. The molecule has 3 aromatic rings. The summed E-state index contributed by atoms with van der Waals surface area (Å²) in [5, 5.41) is 10.2. The normalized spacial score (nSPS) is 21.5. The summed E-state index contributed by atoms with van der Waals surface area (Å²) < 4.78 is 42.3. The van der Waals surface area contributed by atoms with Crippen molar-refractivity contribution >= 4 is 34.5 Å². The lowest BCUT2D eigenvalue weighted by atomic mass is 9.86. The summed E-state index contributed by atoms with van der Waals surface area (Å²) in [4.78, 5) is 43.5. The summed E-state index contributed by atoms with van der Waals surface area (Å²) in [6, 6.07) is 17.4. The Hall–Kier alpha value is -4.68. The fraction of sp³-hybridized carbons (Fsp3) is 0.345. The van der Waals surface area contributed by atoms with Gasteiger partial charge in [0, 0.05) is 29.5 Å². The molecule has 2 atom stereocenters. The number of nitrogens with zero attached hydrogens (tertiary/aromatic N) is 2. The Balaban J connectivity index is 0.000000446. The zero-order valence-electron chi connectivity index (χ0n) is 23.3.